The Morgan fingerprint density at radius 1 is 1.33 bits per heavy atom. The molecule has 4 nitrogen and oxygen atoms in total. The highest BCUT2D eigenvalue weighted by molar-refractivity contribution is 5.95. The Kier molecular flexibility index (Phi) is 4.20. The molecule has 1 heterocycles. The lowest BCUT2D eigenvalue weighted by molar-refractivity contribution is 0.0696. The first-order valence-corrected chi connectivity index (χ1v) is 6.33. The van der Waals surface area contributed by atoms with Crippen molar-refractivity contribution in [3.63, 3.8) is 0 Å². The van der Waals surface area contributed by atoms with E-state index in [-0.39, 0.29) is 11.9 Å². The summed E-state index contributed by atoms with van der Waals surface area (Å²) in [6, 6.07) is 7.91. The molecule has 98 valence electrons. The molecule has 0 aromatic heterocycles. The first-order chi connectivity index (χ1) is 8.66. The summed E-state index contributed by atoms with van der Waals surface area (Å²) in [6.45, 7) is 1.48. The highest BCUT2D eigenvalue weighted by atomic mass is 16.5. The molecule has 4 heteroatoms. The Morgan fingerprint density at radius 2 is 2.06 bits per heavy atom. The van der Waals surface area contributed by atoms with Crippen molar-refractivity contribution in [3.05, 3.63) is 29.8 Å². The van der Waals surface area contributed by atoms with E-state index in [1.807, 2.05) is 43.3 Å². The fourth-order valence-corrected chi connectivity index (χ4v) is 2.04. The Bertz CT molecular complexity index is 412. The third-order valence-electron chi connectivity index (χ3n) is 3.18. The summed E-state index contributed by atoms with van der Waals surface area (Å²) >= 11 is 0. The summed E-state index contributed by atoms with van der Waals surface area (Å²) in [5, 5.41) is 3.06. The second kappa shape index (κ2) is 5.87. The van der Waals surface area contributed by atoms with Crippen LogP contribution < -0.4 is 10.2 Å². The van der Waals surface area contributed by atoms with Crippen molar-refractivity contribution in [2.75, 3.05) is 32.2 Å². The minimum Gasteiger partial charge on any atom is -0.381 e. The molecular weight excluding hydrogens is 228 g/mol. The van der Waals surface area contributed by atoms with Crippen molar-refractivity contribution >= 4 is 11.6 Å². The molecule has 2 rings (SSSR count). The Balaban J connectivity index is 2.01. The van der Waals surface area contributed by atoms with Gasteiger partial charge in [-0.2, -0.15) is 0 Å². The van der Waals surface area contributed by atoms with Crippen LogP contribution in [-0.4, -0.2) is 39.3 Å². The third-order valence-corrected chi connectivity index (χ3v) is 3.18. The number of carbonyl (C=O) groups excluding carboxylic acids is 1. The van der Waals surface area contributed by atoms with Gasteiger partial charge in [-0.15, -0.1) is 0 Å². The van der Waals surface area contributed by atoms with E-state index in [2.05, 4.69) is 5.32 Å². The Hall–Kier alpha value is -1.55. The quantitative estimate of drug-likeness (QED) is 0.884. The molecular formula is C14H20N2O2. The standard InChI is InChI=1S/C14H20N2O2/c1-16(2)13-5-3-4-11(10-13)14(17)15-12-6-8-18-9-7-12/h3-5,10,12H,6-9H2,1-2H3,(H,15,17). The van der Waals surface area contributed by atoms with Crippen LogP contribution in [0.2, 0.25) is 0 Å². The number of nitrogens with one attached hydrogen (secondary N) is 1. The van der Waals surface area contributed by atoms with Gasteiger partial charge in [-0.05, 0) is 31.0 Å². The maximum Gasteiger partial charge on any atom is 0.251 e. The van der Waals surface area contributed by atoms with Crippen LogP contribution in [0.5, 0.6) is 0 Å². The van der Waals surface area contributed by atoms with Crippen molar-refractivity contribution < 1.29 is 9.53 Å². The second-order valence-corrected chi connectivity index (χ2v) is 4.80. The average molecular weight is 248 g/mol. The molecule has 18 heavy (non-hydrogen) atoms. The smallest absolute Gasteiger partial charge is 0.251 e. The SMILES string of the molecule is CN(C)c1cccc(C(=O)NC2CCOCC2)c1. The Labute approximate surface area is 108 Å². The van der Waals surface area contributed by atoms with E-state index in [9.17, 15) is 4.79 Å². The zero-order chi connectivity index (χ0) is 13.0. The molecule has 0 bridgehead atoms. The van der Waals surface area contributed by atoms with Gasteiger partial charge in [0.05, 0.1) is 0 Å². The number of ether oxygens (including phenoxy) is 1. The number of hydrogen-bond donors (Lipinski definition) is 1. The van der Waals surface area contributed by atoms with Gasteiger partial charge in [0.2, 0.25) is 0 Å². The van der Waals surface area contributed by atoms with Gasteiger partial charge < -0.3 is 15.0 Å². The van der Waals surface area contributed by atoms with E-state index >= 15 is 0 Å². The summed E-state index contributed by atoms with van der Waals surface area (Å²) in [5.74, 6) is 0.00519. The number of hydrogen-bond acceptors (Lipinski definition) is 3. The van der Waals surface area contributed by atoms with Crippen LogP contribution in [0, 0.1) is 0 Å². The summed E-state index contributed by atoms with van der Waals surface area (Å²) in [7, 11) is 3.94. The van der Waals surface area contributed by atoms with E-state index in [1.54, 1.807) is 0 Å². The lowest BCUT2D eigenvalue weighted by Gasteiger charge is -2.23. The summed E-state index contributed by atoms with van der Waals surface area (Å²) in [6.07, 6.45) is 1.80. The van der Waals surface area contributed by atoms with Crippen LogP contribution in [0.3, 0.4) is 0 Å². The van der Waals surface area contributed by atoms with Gasteiger partial charge in [-0.1, -0.05) is 6.07 Å². The molecule has 0 atom stereocenters. The van der Waals surface area contributed by atoms with Gasteiger partial charge in [0.25, 0.3) is 5.91 Å². The predicted molar refractivity (Wildman–Crippen MR) is 72.1 cm³/mol. The van der Waals surface area contributed by atoms with Gasteiger partial charge in [-0.25, -0.2) is 0 Å². The van der Waals surface area contributed by atoms with Gasteiger partial charge in [0, 0.05) is 44.6 Å². The molecule has 1 amide bonds. The number of amides is 1. The second-order valence-electron chi connectivity index (χ2n) is 4.80. The molecule has 1 aliphatic heterocycles. The highest BCUT2D eigenvalue weighted by Gasteiger charge is 2.17. The zero-order valence-electron chi connectivity index (χ0n) is 11.0. The predicted octanol–water partition coefficient (Wildman–Crippen LogP) is 1.66. The summed E-state index contributed by atoms with van der Waals surface area (Å²) in [4.78, 5) is 14.1. The summed E-state index contributed by atoms with van der Waals surface area (Å²) < 4.78 is 5.28. The van der Waals surface area contributed by atoms with E-state index in [0.29, 0.717) is 5.56 Å². The topological polar surface area (TPSA) is 41.6 Å². The molecule has 1 N–H and O–H groups in total. The lowest BCUT2D eigenvalue weighted by atomic mass is 10.1. The van der Waals surface area contributed by atoms with Crippen LogP contribution in [-0.2, 0) is 4.74 Å². The van der Waals surface area contributed by atoms with Crippen LogP contribution in [0.25, 0.3) is 0 Å². The highest BCUT2D eigenvalue weighted by Crippen LogP contribution is 2.14. The fraction of sp³-hybridized carbons (Fsp3) is 0.500. The number of benzene rings is 1. The fourth-order valence-electron chi connectivity index (χ4n) is 2.04. The Morgan fingerprint density at radius 3 is 2.72 bits per heavy atom. The average Bonchev–Trinajstić information content (AvgIpc) is 2.40. The zero-order valence-corrected chi connectivity index (χ0v) is 11.0. The maximum atomic E-state index is 12.1. The molecule has 0 unspecified atom stereocenters. The number of nitrogens with zero attached hydrogens (tertiary/aromatic N) is 1. The summed E-state index contributed by atoms with van der Waals surface area (Å²) in [5.41, 5.74) is 1.75. The molecule has 1 aromatic carbocycles. The lowest BCUT2D eigenvalue weighted by Crippen LogP contribution is -2.38. The van der Waals surface area contributed by atoms with Crippen LogP contribution in [0.1, 0.15) is 23.2 Å². The molecule has 0 saturated carbocycles. The maximum absolute atomic E-state index is 12.1. The molecule has 0 spiro atoms. The first-order valence-electron chi connectivity index (χ1n) is 6.33. The van der Waals surface area contributed by atoms with Gasteiger partial charge in [0.1, 0.15) is 0 Å². The third kappa shape index (κ3) is 3.23. The minimum atomic E-state index is 0.00519. The first kappa shape index (κ1) is 12.9. The number of rotatable bonds is 3. The van der Waals surface area contributed by atoms with Gasteiger partial charge in [0.15, 0.2) is 0 Å². The molecule has 1 aliphatic rings. The number of carbonyl (C=O) groups is 1. The van der Waals surface area contributed by atoms with Crippen molar-refractivity contribution in [1.82, 2.24) is 5.32 Å². The molecule has 0 radical (unpaired) electrons. The van der Waals surface area contributed by atoms with Crippen molar-refractivity contribution in [3.8, 4) is 0 Å². The van der Waals surface area contributed by atoms with Crippen molar-refractivity contribution in [2.45, 2.75) is 18.9 Å². The molecule has 1 saturated heterocycles. The molecule has 0 aliphatic carbocycles. The van der Waals surface area contributed by atoms with E-state index in [4.69, 9.17) is 4.74 Å². The monoisotopic (exact) mass is 248 g/mol. The van der Waals surface area contributed by atoms with Crippen LogP contribution in [0.15, 0.2) is 24.3 Å². The van der Waals surface area contributed by atoms with Gasteiger partial charge in [-0.3, -0.25) is 4.79 Å². The largest absolute Gasteiger partial charge is 0.381 e. The number of anilines is 1. The van der Waals surface area contributed by atoms with Crippen LogP contribution in [0.4, 0.5) is 5.69 Å². The van der Waals surface area contributed by atoms with E-state index in [1.165, 1.54) is 0 Å². The van der Waals surface area contributed by atoms with Crippen LogP contribution >= 0.6 is 0 Å². The van der Waals surface area contributed by atoms with Crippen molar-refractivity contribution in [2.24, 2.45) is 0 Å². The van der Waals surface area contributed by atoms with E-state index in [0.717, 1.165) is 31.7 Å². The van der Waals surface area contributed by atoms with E-state index < -0.39 is 0 Å². The van der Waals surface area contributed by atoms with Gasteiger partial charge >= 0.3 is 0 Å². The van der Waals surface area contributed by atoms with Crippen molar-refractivity contribution in [1.29, 1.82) is 0 Å². The molecule has 1 aromatic rings. The normalized spacial score (nSPS) is 16.3. The molecule has 1 fully saturated rings. The minimum absolute atomic E-state index is 0.00519.